The normalized spacial score (nSPS) is 23.3. The highest BCUT2D eigenvalue weighted by Crippen LogP contribution is 2.60. The second-order valence-electron chi connectivity index (χ2n) is 21.8. The van der Waals surface area contributed by atoms with Crippen molar-refractivity contribution in [3.05, 3.63) is 77.6 Å². The summed E-state index contributed by atoms with van der Waals surface area (Å²) in [4.78, 5) is 131. The molecule has 0 bridgehead atoms. The van der Waals surface area contributed by atoms with E-state index < -0.39 is 59.8 Å². The van der Waals surface area contributed by atoms with Gasteiger partial charge in [0, 0.05) is 12.2 Å². The van der Waals surface area contributed by atoms with Gasteiger partial charge in [0.2, 0.25) is 0 Å². The van der Waals surface area contributed by atoms with Gasteiger partial charge in [-0.05, 0) is 134 Å². The third kappa shape index (κ3) is 18.4. The van der Waals surface area contributed by atoms with Gasteiger partial charge in [0.1, 0.15) is 50.1 Å². The summed E-state index contributed by atoms with van der Waals surface area (Å²) >= 11 is 2.13. The molecule has 0 radical (unpaired) electrons. The van der Waals surface area contributed by atoms with Crippen LogP contribution in [0.4, 0.5) is 5.69 Å². The van der Waals surface area contributed by atoms with Crippen LogP contribution < -0.4 is 14.5 Å². The summed E-state index contributed by atoms with van der Waals surface area (Å²) in [5.74, 6) is -7.24. The van der Waals surface area contributed by atoms with Gasteiger partial charge in [-0.2, -0.15) is 10.1 Å². The fourth-order valence-electron chi connectivity index (χ4n) is 11.1. The molecule has 1 amide bonds. The third-order valence-corrected chi connectivity index (χ3v) is 18.6. The molecule has 0 aromatic heterocycles. The maximum absolute atomic E-state index is 14.3. The van der Waals surface area contributed by atoms with Crippen LogP contribution in [-0.2, 0) is 90.6 Å². The monoisotopic (exact) mass is 1260 g/mol. The number of hydrazone groups is 1. The van der Waals surface area contributed by atoms with E-state index in [1.807, 2.05) is 0 Å². The Morgan fingerprint density at radius 3 is 1.26 bits per heavy atom. The van der Waals surface area contributed by atoms with Gasteiger partial charge in [-0.15, -0.1) is 0 Å². The molecule has 25 heteroatoms. The molecule has 2 aromatic rings. The number of para-hydroxylation sites is 1. The largest absolute Gasteiger partial charge is 0.463 e. The number of hydrogen-bond acceptors (Lipinski definition) is 24. The SMILES string of the molecule is C=CC(=O)OCCOCCOC(=O)C1CCC(C(=O)OC2CCC(C(=O)Oc3ccc(OC(=O)C4CCC(OC(=O)C5CCC(C(=O)OCCOCCOC(=O)C=C)CC5)CC4)c4c3SC(=C3C(=O)N(c5ccccc5)N=C3C(=O)OCC)S4)CC2)CC1. The Bertz CT molecular complexity index is 2810. The summed E-state index contributed by atoms with van der Waals surface area (Å²) in [5, 5.41) is 5.54. The second kappa shape index (κ2) is 33.3. The highest BCUT2D eigenvalue weighted by atomic mass is 32.2. The molecule has 6 aliphatic rings. The minimum atomic E-state index is -0.823. The molecule has 23 nitrogen and oxygen atoms in total. The number of rotatable bonds is 27. The van der Waals surface area contributed by atoms with Gasteiger partial charge in [-0.1, -0.05) is 54.9 Å². The Morgan fingerprint density at radius 1 is 0.489 bits per heavy atom. The molecule has 0 unspecified atom stereocenters. The predicted molar refractivity (Wildman–Crippen MR) is 315 cm³/mol. The van der Waals surface area contributed by atoms with E-state index in [-0.39, 0.29) is 130 Å². The lowest BCUT2D eigenvalue weighted by atomic mass is 9.82. The maximum atomic E-state index is 14.3. The van der Waals surface area contributed by atoms with E-state index in [2.05, 4.69) is 18.3 Å². The zero-order valence-corrected chi connectivity index (χ0v) is 50.8. The number of thioether (sulfide) groups is 2. The van der Waals surface area contributed by atoms with Crippen molar-refractivity contribution >= 4 is 94.6 Å². The van der Waals surface area contributed by atoms with E-state index in [9.17, 15) is 47.9 Å². The van der Waals surface area contributed by atoms with Crippen molar-refractivity contribution in [2.75, 3.05) is 64.5 Å². The van der Waals surface area contributed by atoms with Crippen molar-refractivity contribution in [2.45, 2.75) is 132 Å². The summed E-state index contributed by atoms with van der Waals surface area (Å²) in [6, 6.07) is 11.6. The maximum Gasteiger partial charge on any atom is 0.359 e. The predicted octanol–water partition coefficient (Wildman–Crippen LogP) is 8.27. The first kappa shape index (κ1) is 66.6. The minimum Gasteiger partial charge on any atom is -0.463 e. The molecule has 2 aromatic carbocycles. The smallest absolute Gasteiger partial charge is 0.359 e. The lowest BCUT2D eigenvalue weighted by Gasteiger charge is -2.30. The highest BCUT2D eigenvalue weighted by Gasteiger charge is 2.43. The van der Waals surface area contributed by atoms with Crippen LogP contribution in [0.5, 0.6) is 11.5 Å². The fraction of sp³-hybridized carbons (Fsp3) is 0.540. The van der Waals surface area contributed by atoms with Crippen molar-refractivity contribution in [2.24, 2.45) is 40.6 Å². The minimum absolute atomic E-state index is 0.0112. The Kier molecular flexibility index (Phi) is 25.2. The van der Waals surface area contributed by atoms with Gasteiger partial charge in [0.15, 0.2) is 5.71 Å². The summed E-state index contributed by atoms with van der Waals surface area (Å²) in [5.41, 5.74) is 0.136. The molecule has 4 aliphatic carbocycles. The van der Waals surface area contributed by atoms with Crippen LogP contribution >= 0.6 is 23.5 Å². The van der Waals surface area contributed by atoms with Gasteiger partial charge in [-0.3, -0.25) is 33.6 Å². The van der Waals surface area contributed by atoms with Crippen molar-refractivity contribution in [3.8, 4) is 11.5 Å². The van der Waals surface area contributed by atoms with E-state index in [1.165, 1.54) is 12.1 Å². The number of esters is 9. The summed E-state index contributed by atoms with van der Waals surface area (Å²) in [7, 11) is 0. The van der Waals surface area contributed by atoms with Crippen molar-refractivity contribution in [1.29, 1.82) is 0 Å². The number of fused-ring (bicyclic) bond motifs is 1. The Balaban J connectivity index is 0.838. The molecule has 0 atom stereocenters. The van der Waals surface area contributed by atoms with Crippen LogP contribution in [0.15, 0.2) is 92.5 Å². The van der Waals surface area contributed by atoms with E-state index >= 15 is 0 Å². The van der Waals surface area contributed by atoms with Crippen molar-refractivity contribution < 1.29 is 100 Å². The van der Waals surface area contributed by atoms with Gasteiger partial charge in [0.25, 0.3) is 5.91 Å². The summed E-state index contributed by atoms with van der Waals surface area (Å²) in [6.07, 6.45) is 8.19. The molecule has 8 rings (SSSR count). The Morgan fingerprint density at radius 2 is 0.864 bits per heavy atom. The van der Waals surface area contributed by atoms with Crippen LogP contribution in [0, 0.1) is 35.5 Å². The number of ether oxygens (including phenoxy) is 11. The number of amides is 1. The molecule has 0 saturated heterocycles. The van der Waals surface area contributed by atoms with Crippen molar-refractivity contribution in [1.82, 2.24) is 0 Å². The molecule has 0 spiro atoms. The van der Waals surface area contributed by atoms with Crippen LogP contribution in [0.1, 0.15) is 110 Å². The quantitative estimate of drug-likeness (QED) is 0.0267. The van der Waals surface area contributed by atoms with Gasteiger partial charge in [0.05, 0.1) is 93.8 Å². The molecule has 0 N–H and O–H groups in total. The van der Waals surface area contributed by atoms with Crippen LogP contribution in [0.3, 0.4) is 0 Å². The first-order valence-electron chi connectivity index (χ1n) is 30.0. The molecular formula is C63H74N2O21S2. The molecule has 2 aliphatic heterocycles. The lowest BCUT2D eigenvalue weighted by molar-refractivity contribution is -0.161. The molecule has 88 heavy (non-hydrogen) atoms. The molecule has 2 heterocycles. The van der Waals surface area contributed by atoms with E-state index in [1.54, 1.807) is 37.3 Å². The van der Waals surface area contributed by atoms with Crippen LogP contribution in [-0.4, -0.2) is 137 Å². The Labute approximate surface area is 518 Å². The van der Waals surface area contributed by atoms with Gasteiger partial charge >= 0.3 is 53.7 Å². The first-order chi connectivity index (χ1) is 42.6. The van der Waals surface area contributed by atoms with Gasteiger partial charge < -0.3 is 52.1 Å². The average molecular weight is 1260 g/mol. The topological polar surface area (TPSA) is 288 Å². The van der Waals surface area contributed by atoms with Crippen molar-refractivity contribution in [3.63, 3.8) is 0 Å². The Hall–Kier alpha value is -7.35. The number of nitrogens with zero attached hydrogens (tertiary/aromatic N) is 2. The molecule has 474 valence electrons. The molecule has 4 saturated carbocycles. The van der Waals surface area contributed by atoms with E-state index in [0.29, 0.717) is 122 Å². The molecular weight excluding hydrogens is 1180 g/mol. The zero-order chi connectivity index (χ0) is 62.5. The van der Waals surface area contributed by atoms with Crippen LogP contribution in [0.25, 0.3) is 0 Å². The first-order valence-corrected chi connectivity index (χ1v) is 31.6. The molecule has 4 fully saturated rings. The lowest BCUT2D eigenvalue weighted by Crippen LogP contribution is -2.33. The van der Waals surface area contributed by atoms with Gasteiger partial charge in [-0.25, -0.2) is 14.4 Å². The standard InChI is InChI=1S/C63H74N2O21S2/c1-4-49(66)79-34-30-76-32-36-81-56(69)38-12-16-40(17-13-38)58(71)83-45-24-20-42(21-25-45)60(73)85-47-28-29-48(54-53(47)87-63(88-54)51-52(62(75)78-6-3)64-65(55(51)68)44-10-8-7-9-11-44)86-61(74)43-22-26-46(27-23-43)84-59(72)41-18-14-39(15-19-41)57(70)82-37-33-77-31-35-80-50(67)5-2/h4-5,7-11,28-29,38-43,45-46H,1-2,6,12-27,30-37H2,3H3. The number of carbonyl (C=O) groups excluding carboxylic acids is 10. The zero-order valence-electron chi connectivity index (χ0n) is 49.2. The second-order valence-corrected chi connectivity index (χ2v) is 24.1. The summed E-state index contributed by atoms with van der Waals surface area (Å²) < 4.78 is 60.9. The summed E-state index contributed by atoms with van der Waals surface area (Å²) in [6.45, 7) is 9.08. The fourth-order valence-corrected chi connectivity index (χ4v) is 13.8. The number of carbonyl (C=O) groups is 10. The number of hydrogen-bond donors (Lipinski definition) is 0. The average Bonchev–Trinajstić information content (AvgIpc) is 1.73. The number of benzene rings is 2. The van der Waals surface area contributed by atoms with E-state index in [4.69, 9.17) is 52.1 Å². The van der Waals surface area contributed by atoms with Crippen LogP contribution in [0.2, 0.25) is 0 Å². The third-order valence-electron chi connectivity index (χ3n) is 16.0. The highest BCUT2D eigenvalue weighted by molar-refractivity contribution is 8.25. The van der Waals surface area contributed by atoms with E-state index in [0.717, 1.165) is 40.7 Å². The number of anilines is 1.